The third-order valence-corrected chi connectivity index (χ3v) is 5.03. The van der Waals surface area contributed by atoms with Crippen molar-refractivity contribution < 1.29 is 9.13 Å². The number of piperidine rings is 1. The van der Waals surface area contributed by atoms with Crippen LogP contribution in [0.5, 0.6) is 0 Å². The maximum atomic E-state index is 13.7. The standard InChI is InChI=1S/C19H29FN4O.HI/c1-21-19(23-16-7-9-24(10-8-16)17-4-5-17)22-12-14-3-6-18(20)15(11-14)13-25-2;/h3,6,11,16-17H,4-5,7-10,12-13H2,1-2H3,(H2,21,22,23);1H. The highest BCUT2D eigenvalue weighted by Gasteiger charge is 2.31. The highest BCUT2D eigenvalue weighted by atomic mass is 127. The molecule has 26 heavy (non-hydrogen) atoms. The number of ether oxygens (including phenoxy) is 1. The van der Waals surface area contributed by atoms with E-state index in [-0.39, 0.29) is 36.4 Å². The van der Waals surface area contributed by atoms with Gasteiger partial charge in [-0.1, -0.05) is 6.07 Å². The lowest BCUT2D eigenvalue weighted by atomic mass is 10.1. The van der Waals surface area contributed by atoms with Crippen LogP contribution in [-0.4, -0.2) is 50.2 Å². The molecule has 1 saturated carbocycles. The quantitative estimate of drug-likeness (QED) is 0.377. The maximum Gasteiger partial charge on any atom is 0.191 e. The predicted octanol–water partition coefficient (Wildman–Crippen LogP) is 2.88. The molecule has 0 radical (unpaired) electrons. The fourth-order valence-corrected chi connectivity index (χ4v) is 3.43. The van der Waals surface area contributed by atoms with Gasteiger partial charge in [-0.2, -0.15) is 0 Å². The number of nitrogens with zero attached hydrogens (tertiary/aromatic N) is 2. The van der Waals surface area contributed by atoms with Crippen LogP contribution in [0.1, 0.15) is 36.8 Å². The summed E-state index contributed by atoms with van der Waals surface area (Å²) in [7, 11) is 3.36. The minimum atomic E-state index is -0.226. The van der Waals surface area contributed by atoms with Crippen molar-refractivity contribution in [3.63, 3.8) is 0 Å². The molecule has 1 aromatic rings. The van der Waals surface area contributed by atoms with Gasteiger partial charge >= 0.3 is 0 Å². The Labute approximate surface area is 172 Å². The largest absolute Gasteiger partial charge is 0.380 e. The van der Waals surface area contributed by atoms with Gasteiger partial charge in [0.05, 0.1) is 6.61 Å². The Kier molecular flexibility index (Phi) is 8.56. The second kappa shape index (κ2) is 10.4. The summed E-state index contributed by atoms with van der Waals surface area (Å²) in [6, 6.07) is 6.46. The number of methoxy groups -OCH3 is 1. The van der Waals surface area contributed by atoms with Crippen LogP contribution in [0.3, 0.4) is 0 Å². The van der Waals surface area contributed by atoms with Gasteiger partial charge in [0.15, 0.2) is 5.96 Å². The van der Waals surface area contributed by atoms with E-state index in [9.17, 15) is 4.39 Å². The Morgan fingerprint density at radius 1 is 1.27 bits per heavy atom. The highest BCUT2D eigenvalue weighted by molar-refractivity contribution is 14.0. The zero-order chi connectivity index (χ0) is 17.6. The van der Waals surface area contributed by atoms with Crippen molar-refractivity contribution in [1.29, 1.82) is 0 Å². The second-order valence-electron chi connectivity index (χ2n) is 6.97. The number of likely N-dealkylation sites (tertiary alicyclic amines) is 1. The summed E-state index contributed by atoms with van der Waals surface area (Å²) < 4.78 is 18.7. The van der Waals surface area contributed by atoms with Crippen LogP contribution in [0, 0.1) is 5.82 Å². The second-order valence-corrected chi connectivity index (χ2v) is 6.97. The molecule has 3 rings (SSSR count). The van der Waals surface area contributed by atoms with Crippen molar-refractivity contribution in [2.75, 3.05) is 27.2 Å². The molecule has 0 unspecified atom stereocenters. The Morgan fingerprint density at radius 3 is 2.62 bits per heavy atom. The van der Waals surface area contributed by atoms with Crippen LogP contribution in [0.2, 0.25) is 0 Å². The molecule has 5 nitrogen and oxygen atoms in total. The third kappa shape index (κ3) is 6.06. The van der Waals surface area contributed by atoms with Gasteiger partial charge in [0.2, 0.25) is 0 Å². The van der Waals surface area contributed by atoms with Crippen LogP contribution in [0.15, 0.2) is 23.2 Å². The molecule has 1 saturated heterocycles. The average Bonchev–Trinajstić information content (AvgIpc) is 3.47. The summed E-state index contributed by atoms with van der Waals surface area (Å²) in [5.74, 6) is 0.581. The lowest BCUT2D eigenvalue weighted by molar-refractivity contribution is 0.181. The summed E-state index contributed by atoms with van der Waals surface area (Å²) in [5.41, 5.74) is 1.59. The molecule has 2 aliphatic rings. The Balaban J connectivity index is 0.00000243. The molecule has 0 bridgehead atoms. The van der Waals surface area contributed by atoms with E-state index in [0.717, 1.165) is 30.4 Å². The van der Waals surface area contributed by atoms with Crippen molar-refractivity contribution in [1.82, 2.24) is 15.5 Å². The summed E-state index contributed by atoms with van der Waals surface area (Å²) in [5, 5.41) is 6.85. The van der Waals surface area contributed by atoms with Gasteiger partial charge in [-0.15, -0.1) is 24.0 Å². The fourth-order valence-electron chi connectivity index (χ4n) is 3.43. The van der Waals surface area contributed by atoms with Crippen LogP contribution < -0.4 is 10.6 Å². The topological polar surface area (TPSA) is 48.9 Å². The van der Waals surface area contributed by atoms with Gasteiger partial charge in [0.1, 0.15) is 5.82 Å². The molecular formula is C19H30FIN4O. The number of aliphatic imine (C=N–C) groups is 1. The van der Waals surface area contributed by atoms with Crippen molar-refractivity contribution in [3.8, 4) is 0 Å². The van der Waals surface area contributed by atoms with Crippen molar-refractivity contribution in [3.05, 3.63) is 35.1 Å². The third-order valence-electron chi connectivity index (χ3n) is 5.03. The van der Waals surface area contributed by atoms with E-state index in [4.69, 9.17) is 4.74 Å². The lowest BCUT2D eigenvalue weighted by Crippen LogP contribution is -2.48. The van der Waals surface area contributed by atoms with Crippen molar-refractivity contribution in [2.24, 2.45) is 4.99 Å². The van der Waals surface area contributed by atoms with Gasteiger partial charge in [-0.25, -0.2) is 4.39 Å². The smallest absolute Gasteiger partial charge is 0.191 e. The summed E-state index contributed by atoms with van der Waals surface area (Å²) in [4.78, 5) is 6.94. The average molecular weight is 476 g/mol. The Bertz CT molecular complexity index is 601. The van der Waals surface area contributed by atoms with Crippen molar-refractivity contribution >= 4 is 29.9 Å². The van der Waals surface area contributed by atoms with Gasteiger partial charge in [-0.3, -0.25) is 4.99 Å². The van der Waals surface area contributed by atoms with E-state index in [1.807, 2.05) is 6.07 Å². The number of halogens is 2. The zero-order valence-electron chi connectivity index (χ0n) is 15.6. The minimum Gasteiger partial charge on any atom is -0.380 e. The molecule has 1 aliphatic carbocycles. The molecule has 0 spiro atoms. The summed E-state index contributed by atoms with van der Waals surface area (Å²) >= 11 is 0. The molecule has 1 aromatic carbocycles. The van der Waals surface area contributed by atoms with Gasteiger partial charge < -0.3 is 20.3 Å². The SMILES string of the molecule is CN=C(NCc1ccc(F)c(COC)c1)NC1CCN(C2CC2)CC1.I. The van der Waals surface area contributed by atoms with Gasteiger partial charge in [-0.05, 0) is 43.4 Å². The fraction of sp³-hybridized carbons (Fsp3) is 0.632. The first-order valence-electron chi connectivity index (χ1n) is 9.17. The number of guanidine groups is 1. The maximum absolute atomic E-state index is 13.7. The van der Waals surface area contributed by atoms with Crippen LogP contribution in [0.25, 0.3) is 0 Å². The van der Waals surface area contributed by atoms with Crippen LogP contribution >= 0.6 is 24.0 Å². The Morgan fingerprint density at radius 2 is 2.00 bits per heavy atom. The van der Waals surface area contributed by atoms with Crippen molar-refractivity contribution in [2.45, 2.75) is 50.9 Å². The van der Waals surface area contributed by atoms with E-state index in [2.05, 4.69) is 20.5 Å². The van der Waals surface area contributed by atoms with Gasteiger partial charge in [0.25, 0.3) is 0 Å². The summed E-state index contributed by atoms with van der Waals surface area (Å²) in [6.45, 7) is 3.25. The van der Waals surface area contributed by atoms with Crippen LogP contribution in [0.4, 0.5) is 4.39 Å². The van der Waals surface area contributed by atoms with E-state index in [0.29, 0.717) is 18.2 Å². The monoisotopic (exact) mass is 476 g/mol. The molecule has 7 heteroatoms. The predicted molar refractivity (Wildman–Crippen MR) is 113 cm³/mol. The number of benzene rings is 1. The van der Waals surface area contributed by atoms with E-state index < -0.39 is 0 Å². The minimum absolute atomic E-state index is 0. The first kappa shape index (κ1) is 21.4. The molecule has 146 valence electrons. The lowest BCUT2D eigenvalue weighted by Gasteiger charge is -2.33. The van der Waals surface area contributed by atoms with E-state index in [1.165, 1.54) is 32.0 Å². The van der Waals surface area contributed by atoms with E-state index >= 15 is 0 Å². The molecule has 2 N–H and O–H groups in total. The number of hydrogen-bond donors (Lipinski definition) is 2. The number of nitrogens with one attached hydrogen (secondary N) is 2. The number of hydrogen-bond acceptors (Lipinski definition) is 3. The van der Waals surface area contributed by atoms with Crippen LogP contribution in [-0.2, 0) is 17.9 Å². The molecule has 2 fully saturated rings. The molecule has 1 heterocycles. The highest BCUT2D eigenvalue weighted by Crippen LogP contribution is 2.29. The Hall–Kier alpha value is -0.930. The molecule has 1 aliphatic heterocycles. The molecule has 0 aromatic heterocycles. The first-order chi connectivity index (χ1) is 12.2. The molecular weight excluding hydrogens is 446 g/mol. The molecule has 0 amide bonds. The summed E-state index contributed by atoms with van der Waals surface area (Å²) in [6.07, 6.45) is 5.07. The zero-order valence-corrected chi connectivity index (χ0v) is 18.0. The first-order valence-corrected chi connectivity index (χ1v) is 9.17. The normalized spacial score (nSPS) is 19.1. The van der Waals surface area contributed by atoms with Gasteiger partial charge in [0, 0.05) is 51.4 Å². The molecule has 0 atom stereocenters. The number of rotatable bonds is 6. The van der Waals surface area contributed by atoms with E-state index in [1.54, 1.807) is 20.2 Å².